The summed E-state index contributed by atoms with van der Waals surface area (Å²) in [7, 11) is 0. The molecule has 1 aliphatic heterocycles. The molecule has 2 N–H and O–H groups in total. The van der Waals surface area contributed by atoms with Crippen LogP contribution >= 0.6 is 0 Å². The predicted octanol–water partition coefficient (Wildman–Crippen LogP) is 4.87. The number of nitrogens with one attached hydrogen (secondary N) is 2. The quantitative estimate of drug-likeness (QED) is 0.598. The molecule has 0 bridgehead atoms. The van der Waals surface area contributed by atoms with Gasteiger partial charge in [0.15, 0.2) is 0 Å². The van der Waals surface area contributed by atoms with Gasteiger partial charge in [-0.15, -0.1) is 0 Å². The summed E-state index contributed by atoms with van der Waals surface area (Å²) in [5, 5.41) is 5.82. The van der Waals surface area contributed by atoms with Crippen LogP contribution in [-0.2, 0) is 17.5 Å². The number of hydrogen-bond acceptors (Lipinski definition) is 4. The molecule has 2 heterocycles. The van der Waals surface area contributed by atoms with Crippen LogP contribution in [0.2, 0.25) is 0 Å². The van der Waals surface area contributed by atoms with Crippen LogP contribution in [0.4, 0.5) is 18.9 Å². The number of halogens is 3. The third-order valence-electron chi connectivity index (χ3n) is 6.22. The lowest BCUT2D eigenvalue weighted by Crippen LogP contribution is -2.48. The molecule has 9 heteroatoms. The normalized spacial score (nSPS) is 15.7. The summed E-state index contributed by atoms with van der Waals surface area (Å²) in [6, 6.07) is 9.23. The Balaban J connectivity index is 1.53. The molecule has 1 aromatic heterocycles. The van der Waals surface area contributed by atoms with E-state index in [2.05, 4.69) is 27.4 Å². The molecule has 3 rings (SSSR count). The van der Waals surface area contributed by atoms with E-state index in [9.17, 15) is 22.8 Å². The molecule has 0 spiro atoms. The van der Waals surface area contributed by atoms with Crippen molar-refractivity contribution in [3.05, 3.63) is 59.4 Å². The number of nitrogens with zero attached hydrogens (tertiary/aromatic N) is 2. The first-order valence-corrected chi connectivity index (χ1v) is 11.4. The van der Waals surface area contributed by atoms with Crippen LogP contribution in [-0.4, -0.2) is 40.3 Å². The SMILES string of the molecule is CCC(C)(C)NC(=O)C1CCN(Cc2cccc(NC(=O)c3ccc(C(F)(F)F)cn3)c2)CC1. The summed E-state index contributed by atoms with van der Waals surface area (Å²) < 4.78 is 38.0. The van der Waals surface area contributed by atoms with Crippen LogP contribution in [0.15, 0.2) is 42.6 Å². The van der Waals surface area contributed by atoms with E-state index >= 15 is 0 Å². The number of carbonyl (C=O) groups is 2. The molecule has 1 aromatic carbocycles. The summed E-state index contributed by atoms with van der Waals surface area (Å²) in [4.78, 5) is 30.8. The highest BCUT2D eigenvalue weighted by molar-refractivity contribution is 6.02. The first-order chi connectivity index (χ1) is 16.0. The molecule has 0 radical (unpaired) electrons. The summed E-state index contributed by atoms with van der Waals surface area (Å²) in [6.45, 7) is 8.39. The second-order valence-corrected chi connectivity index (χ2v) is 9.36. The molecule has 34 heavy (non-hydrogen) atoms. The second-order valence-electron chi connectivity index (χ2n) is 9.36. The molecule has 2 amide bonds. The van der Waals surface area contributed by atoms with E-state index in [-0.39, 0.29) is 23.1 Å². The van der Waals surface area contributed by atoms with Crippen LogP contribution in [0.1, 0.15) is 61.6 Å². The van der Waals surface area contributed by atoms with Crippen LogP contribution < -0.4 is 10.6 Å². The smallest absolute Gasteiger partial charge is 0.351 e. The number of amides is 2. The van der Waals surface area contributed by atoms with Crippen molar-refractivity contribution in [3.8, 4) is 0 Å². The molecule has 0 atom stereocenters. The van der Waals surface area contributed by atoms with Gasteiger partial charge in [-0.25, -0.2) is 0 Å². The van der Waals surface area contributed by atoms with Gasteiger partial charge in [0, 0.05) is 29.9 Å². The Morgan fingerprint density at radius 2 is 1.82 bits per heavy atom. The molecule has 6 nitrogen and oxygen atoms in total. The van der Waals surface area contributed by atoms with Gasteiger partial charge in [-0.1, -0.05) is 19.1 Å². The topological polar surface area (TPSA) is 74.3 Å². The highest BCUT2D eigenvalue weighted by atomic mass is 19.4. The monoisotopic (exact) mass is 476 g/mol. The van der Waals surface area contributed by atoms with Gasteiger partial charge >= 0.3 is 6.18 Å². The third-order valence-corrected chi connectivity index (χ3v) is 6.22. The van der Waals surface area contributed by atoms with E-state index in [0.717, 1.165) is 50.0 Å². The molecule has 2 aromatic rings. The van der Waals surface area contributed by atoms with Crippen molar-refractivity contribution in [2.45, 2.75) is 58.3 Å². The van der Waals surface area contributed by atoms with E-state index in [0.29, 0.717) is 18.4 Å². The molecule has 1 fully saturated rings. The number of benzene rings is 1. The van der Waals surface area contributed by atoms with Gasteiger partial charge in [0.25, 0.3) is 5.91 Å². The minimum atomic E-state index is -4.50. The van der Waals surface area contributed by atoms with Gasteiger partial charge in [-0.2, -0.15) is 13.2 Å². The molecule has 1 saturated heterocycles. The number of piperidine rings is 1. The number of aromatic nitrogens is 1. The molecule has 0 unspecified atom stereocenters. The van der Waals surface area contributed by atoms with E-state index in [4.69, 9.17) is 0 Å². The lowest BCUT2D eigenvalue weighted by molar-refractivity contribution is -0.137. The number of anilines is 1. The Kier molecular flexibility index (Phi) is 7.97. The molecular formula is C25H31F3N4O2. The van der Waals surface area contributed by atoms with E-state index in [1.165, 1.54) is 0 Å². The number of likely N-dealkylation sites (tertiary alicyclic amines) is 1. The van der Waals surface area contributed by atoms with Crippen molar-refractivity contribution >= 4 is 17.5 Å². The van der Waals surface area contributed by atoms with Crippen LogP contribution in [0.25, 0.3) is 0 Å². The molecule has 1 aliphatic rings. The van der Waals surface area contributed by atoms with E-state index in [1.807, 2.05) is 32.0 Å². The summed E-state index contributed by atoms with van der Waals surface area (Å²) >= 11 is 0. The third kappa shape index (κ3) is 7.03. The van der Waals surface area contributed by atoms with Crippen molar-refractivity contribution < 1.29 is 22.8 Å². The lowest BCUT2D eigenvalue weighted by atomic mass is 9.93. The van der Waals surface area contributed by atoms with Gasteiger partial charge in [0.1, 0.15) is 5.69 Å². The highest BCUT2D eigenvalue weighted by Crippen LogP contribution is 2.28. The summed E-state index contributed by atoms with van der Waals surface area (Å²) in [5.41, 5.74) is 0.342. The van der Waals surface area contributed by atoms with Crippen molar-refractivity contribution in [3.63, 3.8) is 0 Å². The molecule has 184 valence electrons. The Labute approximate surface area is 197 Å². The maximum atomic E-state index is 12.7. The Hall–Kier alpha value is -2.94. The van der Waals surface area contributed by atoms with Crippen molar-refractivity contribution in [1.82, 2.24) is 15.2 Å². The van der Waals surface area contributed by atoms with E-state index < -0.39 is 17.6 Å². The average Bonchev–Trinajstić information content (AvgIpc) is 2.79. The zero-order valence-corrected chi connectivity index (χ0v) is 19.7. The standard InChI is InChI=1S/C25H31F3N4O2/c1-4-24(2,3)31-22(33)18-10-12-32(13-11-18)16-17-6-5-7-20(14-17)30-23(34)21-9-8-19(15-29-21)25(26,27)28/h5-9,14-15,18H,4,10-13,16H2,1-3H3,(H,30,34)(H,31,33). The van der Waals surface area contributed by atoms with E-state index in [1.54, 1.807) is 6.07 Å². The number of pyridine rings is 1. The molecule has 0 aliphatic carbocycles. The van der Waals surface area contributed by atoms with Crippen LogP contribution in [0, 0.1) is 5.92 Å². The number of rotatable bonds is 7. The summed E-state index contributed by atoms with van der Waals surface area (Å²) in [6.07, 6.45) is -1.39. The maximum Gasteiger partial charge on any atom is 0.417 e. The molecule has 0 saturated carbocycles. The zero-order chi connectivity index (χ0) is 24.9. The zero-order valence-electron chi connectivity index (χ0n) is 19.7. The Morgan fingerprint density at radius 3 is 2.41 bits per heavy atom. The minimum absolute atomic E-state index is 0.0175. The minimum Gasteiger partial charge on any atom is -0.351 e. The van der Waals surface area contributed by atoms with Gasteiger partial charge < -0.3 is 10.6 Å². The van der Waals surface area contributed by atoms with Gasteiger partial charge in [-0.3, -0.25) is 19.5 Å². The average molecular weight is 477 g/mol. The maximum absolute atomic E-state index is 12.7. The highest BCUT2D eigenvalue weighted by Gasteiger charge is 2.31. The fraction of sp³-hybridized carbons (Fsp3) is 0.480. The van der Waals surface area contributed by atoms with Gasteiger partial charge in [0.2, 0.25) is 5.91 Å². The molecular weight excluding hydrogens is 445 g/mol. The van der Waals surface area contributed by atoms with Gasteiger partial charge in [-0.05, 0) is 76.0 Å². The fourth-order valence-corrected chi connectivity index (χ4v) is 3.77. The van der Waals surface area contributed by atoms with Crippen molar-refractivity contribution in [1.29, 1.82) is 0 Å². The second kappa shape index (κ2) is 10.5. The first kappa shape index (κ1) is 25.7. The number of hydrogen-bond donors (Lipinski definition) is 2. The Morgan fingerprint density at radius 1 is 1.12 bits per heavy atom. The van der Waals surface area contributed by atoms with Crippen molar-refractivity contribution in [2.75, 3.05) is 18.4 Å². The predicted molar refractivity (Wildman–Crippen MR) is 124 cm³/mol. The van der Waals surface area contributed by atoms with Crippen LogP contribution in [0.3, 0.4) is 0 Å². The summed E-state index contributed by atoms with van der Waals surface area (Å²) in [5.74, 6) is -0.440. The van der Waals surface area contributed by atoms with Gasteiger partial charge in [0.05, 0.1) is 5.56 Å². The van der Waals surface area contributed by atoms with Crippen LogP contribution in [0.5, 0.6) is 0 Å². The van der Waals surface area contributed by atoms with Crippen molar-refractivity contribution in [2.24, 2.45) is 5.92 Å². The number of carbonyl (C=O) groups excluding carboxylic acids is 2. The lowest BCUT2D eigenvalue weighted by Gasteiger charge is -2.33. The fourth-order valence-electron chi connectivity index (χ4n) is 3.77. The number of alkyl halides is 3. The Bertz CT molecular complexity index is 998. The first-order valence-electron chi connectivity index (χ1n) is 11.4. The largest absolute Gasteiger partial charge is 0.417 e.